The van der Waals surface area contributed by atoms with Gasteiger partial charge < -0.3 is 9.73 Å². The van der Waals surface area contributed by atoms with E-state index in [4.69, 9.17) is 14.4 Å². The van der Waals surface area contributed by atoms with Crippen LogP contribution in [0.15, 0.2) is 64.2 Å². The zero-order valence-electron chi connectivity index (χ0n) is 16.2. The van der Waals surface area contributed by atoms with Gasteiger partial charge in [0.05, 0.1) is 37.2 Å². The van der Waals surface area contributed by atoms with Gasteiger partial charge in [0, 0.05) is 5.92 Å². The molecule has 3 aliphatic rings. The van der Waals surface area contributed by atoms with E-state index in [1.807, 2.05) is 12.1 Å². The third-order valence-corrected chi connectivity index (χ3v) is 6.11. The molecule has 0 bridgehead atoms. The molecule has 0 spiro atoms. The zero-order valence-corrected chi connectivity index (χ0v) is 16.2. The van der Waals surface area contributed by atoms with Crippen LogP contribution in [0.25, 0.3) is 11.0 Å². The second-order valence-corrected chi connectivity index (χ2v) is 8.01. The summed E-state index contributed by atoms with van der Waals surface area (Å²) in [6, 6.07) is 12.4. The minimum atomic E-state index is 0.175. The molecular weight excluding hydrogens is 364 g/mol. The van der Waals surface area contributed by atoms with Crippen LogP contribution in [0.2, 0.25) is 0 Å². The van der Waals surface area contributed by atoms with Gasteiger partial charge in [0.2, 0.25) is 11.9 Å². The normalized spacial score (nSPS) is 24.1. The molecule has 0 fully saturated rings. The van der Waals surface area contributed by atoms with E-state index in [1.54, 1.807) is 6.26 Å². The summed E-state index contributed by atoms with van der Waals surface area (Å²) in [4.78, 5) is 14.3. The number of para-hydroxylation sites is 2. The molecule has 1 aromatic carbocycles. The summed E-state index contributed by atoms with van der Waals surface area (Å²) in [5.74, 6) is 3.40. The first kappa shape index (κ1) is 16.9. The molecule has 7 nitrogen and oxygen atoms in total. The standard InChI is InChI=1S/C22H24N6O/c1-2-7-16(8-3-1)20-25-21-23-14-26(13-17-9-6-12-29-17)15-27(21)22-24-18-10-4-5-11-19(18)28(20)22/h1-2,4-6,9-12,16,20H,3,7-8,13-15H2,(H,23,25)/t16-,20+/m1/s1. The quantitative estimate of drug-likeness (QED) is 0.694. The molecule has 0 radical (unpaired) electrons. The van der Waals surface area contributed by atoms with Gasteiger partial charge in [-0.25, -0.2) is 9.98 Å². The Morgan fingerprint density at radius 1 is 1.14 bits per heavy atom. The molecule has 148 valence electrons. The first-order chi connectivity index (χ1) is 14.4. The van der Waals surface area contributed by atoms with E-state index in [-0.39, 0.29) is 6.17 Å². The fraction of sp³-hybridized carbons (Fsp3) is 0.364. The van der Waals surface area contributed by atoms with Crippen molar-refractivity contribution in [2.24, 2.45) is 10.9 Å². The maximum absolute atomic E-state index is 5.53. The van der Waals surface area contributed by atoms with E-state index >= 15 is 0 Å². The lowest BCUT2D eigenvalue weighted by molar-refractivity contribution is 0.229. The lowest BCUT2D eigenvalue weighted by Crippen LogP contribution is -2.58. The smallest absolute Gasteiger partial charge is 0.216 e. The summed E-state index contributed by atoms with van der Waals surface area (Å²) in [6.45, 7) is 2.11. The summed E-state index contributed by atoms with van der Waals surface area (Å²) in [5, 5.41) is 3.75. The lowest BCUT2D eigenvalue weighted by Gasteiger charge is -2.43. The Labute approximate surface area is 169 Å². The number of allylic oxidation sites excluding steroid dienone is 2. The van der Waals surface area contributed by atoms with Crippen molar-refractivity contribution in [2.75, 3.05) is 18.2 Å². The van der Waals surface area contributed by atoms with Crippen LogP contribution in [0.3, 0.4) is 0 Å². The number of furan rings is 1. The van der Waals surface area contributed by atoms with Crippen molar-refractivity contribution in [3.05, 3.63) is 60.6 Å². The van der Waals surface area contributed by atoms with Gasteiger partial charge in [0.15, 0.2) is 0 Å². The molecule has 4 heterocycles. The number of hydrogen-bond acceptors (Lipinski definition) is 6. The fourth-order valence-corrected chi connectivity index (χ4v) is 4.69. The van der Waals surface area contributed by atoms with Gasteiger partial charge in [0.1, 0.15) is 11.9 Å². The van der Waals surface area contributed by atoms with Crippen LogP contribution in [0.4, 0.5) is 5.95 Å². The number of benzene rings is 1. The molecular formula is C22H24N6O. The average molecular weight is 388 g/mol. The number of guanidine groups is 1. The van der Waals surface area contributed by atoms with Gasteiger partial charge in [0.25, 0.3) is 0 Å². The molecule has 3 aromatic rings. The van der Waals surface area contributed by atoms with Crippen molar-refractivity contribution < 1.29 is 4.42 Å². The monoisotopic (exact) mass is 388 g/mol. The molecule has 1 aliphatic carbocycles. The number of nitrogens with one attached hydrogen (secondary N) is 1. The molecule has 0 unspecified atom stereocenters. The molecule has 0 saturated carbocycles. The van der Waals surface area contributed by atoms with Crippen molar-refractivity contribution in [1.82, 2.24) is 19.8 Å². The molecule has 29 heavy (non-hydrogen) atoms. The van der Waals surface area contributed by atoms with E-state index < -0.39 is 0 Å². The summed E-state index contributed by atoms with van der Waals surface area (Å²) < 4.78 is 7.92. The molecule has 0 saturated heterocycles. The number of aromatic nitrogens is 2. The van der Waals surface area contributed by atoms with Gasteiger partial charge in [-0.3, -0.25) is 14.4 Å². The minimum Gasteiger partial charge on any atom is -0.468 e. The molecule has 0 amide bonds. The summed E-state index contributed by atoms with van der Waals surface area (Å²) >= 11 is 0. The van der Waals surface area contributed by atoms with Crippen LogP contribution in [-0.2, 0) is 6.54 Å². The van der Waals surface area contributed by atoms with Crippen molar-refractivity contribution in [1.29, 1.82) is 0 Å². The second kappa shape index (κ2) is 6.77. The van der Waals surface area contributed by atoms with Crippen molar-refractivity contribution in [3.8, 4) is 0 Å². The predicted octanol–water partition coefficient (Wildman–Crippen LogP) is 3.68. The number of aliphatic imine (C=N–C) groups is 1. The van der Waals surface area contributed by atoms with Gasteiger partial charge in [-0.05, 0) is 43.5 Å². The Balaban J connectivity index is 1.40. The van der Waals surface area contributed by atoms with Gasteiger partial charge in [-0.2, -0.15) is 0 Å². The van der Waals surface area contributed by atoms with Gasteiger partial charge in [-0.15, -0.1) is 0 Å². The molecule has 2 aromatic heterocycles. The highest BCUT2D eigenvalue weighted by Crippen LogP contribution is 2.37. The Bertz CT molecular complexity index is 1080. The Morgan fingerprint density at radius 2 is 2.10 bits per heavy atom. The number of imidazole rings is 1. The highest BCUT2D eigenvalue weighted by Gasteiger charge is 2.38. The van der Waals surface area contributed by atoms with E-state index in [0.29, 0.717) is 12.6 Å². The first-order valence-electron chi connectivity index (χ1n) is 10.3. The SMILES string of the molecule is C1=CC[C@@H]([C@H]2NC3=NCN(Cc4ccco4)CN3c3nc4ccccc4n32)CC1. The molecule has 1 N–H and O–H groups in total. The number of fused-ring (bicyclic) bond motifs is 5. The maximum Gasteiger partial charge on any atom is 0.216 e. The second-order valence-electron chi connectivity index (χ2n) is 8.01. The molecule has 6 rings (SSSR count). The molecule has 7 heteroatoms. The average Bonchev–Trinajstić information content (AvgIpc) is 3.42. The Morgan fingerprint density at radius 3 is 2.97 bits per heavy atom. The highest BCUT2D eigenvalue weighted by atomic mass is 16.3. The van der Waals surface area contributed by atoms with Gasteiger partial charge in [-0.1, -0.05) is 24.3 Å². The molecule has 2 aliphatic heterocycles. The number of rotatable bonds is 3. The first-order valence-corrected chi connectivity index (χ1v) is 10.3. The highest BCUT2D eigenvalue weighted by molar-refractivity contribution is 5.98. The van der Waals surface area contributed by atoms with E-state index in [0.717, 1.165) is 49.2 Å². The maximum atomic E-state index is 5.53. The Kier molecular flexibility index (Phi) is 3.94. The van der Waals surface area contributed by atoms with Crippen LogP contribution < -0.4 is 10.2 Å². The minimum absolute atomic E-state index is 0.175. The number of anilines is 1. The fourth-order valence-electron chi connectivity index (χ4n) is 4.69. The number of hydrogen-bond donors (Lipinski definition) is 1. The van der Waals surface area contributed by atoms with Crippen molar-refractivity contribution >= 4 is 22.9 Å². The zero-order chi connectivity index (χ0) is 19.2. The number of nitrogens with zero attached hydrogens (tertiary/aromatic N) is 5. The largest absolute Gasteiger partial charge is 0.468 e. The molecule has 2 atom stereocenters. The third-order valence-electron chi connectivity index (χ3n) is 6.11. The predicted molar refractivity (Wildman–Crippen MR) is 112 cm³/mol. The van der Waals surface area contributed by atoms with Crippen molar-refractivity contribution in [2.45, 2.75) is 32.0 Å². The van der Waals surface area contributed by atoms with E-state index in [9.17, 15) is 0 Å². The summed E-state index contributed by atoms with van der Waals surface area (Å²) in [5.41, 5.74) is 2.21. The summed E-state index contributed by atoms with van der Waals surface area (Å²) in [7, 11) is 0. The van der Waals surface area contributed by atoms with Crippen LogP contribution in [-0.4, -0.2) is 33.7 Å². The van der Waals surface area contributed by atoms with E-state index in [1.165, 1.54) is 11.9 Å². The van der Waals surface area contributed by atoms with Gasteiger partial charge >= 0.3 is 0 Å². The van der Waals surface area contributed by atoms with E-state index in [2.05, 4.69) is 56.1 Å². The Hall–Kier alpha value is -3.06. The topological polar surface area (TPSA) is 61.8 Å². The third kappa shape index (κ3) is 2.84. The van der Waals surface area contributed by atoms with Crippen molar-refractivity contribution in [3.63, 3.8) is 0 Å². The lowest BCUT2D eigenvalue weighted by atomic mass is 9.91. The van der Waals surface area contributed by atoms with Crippen LogP contribution in [0.5, 0.6) is 0 Å². The van der Waals surface area contributed by atoms with Crippen LogP contribution in [0, 0.1) is 5.92 Å². The van der Waals surface area contributed by atoms with Crippen LogP contribution in [0.1, 0.15) is 31.2 Å². The van der Waals surface area contributed by atoms with Crippen LogP contribution >= 0.6 is 0 Å². The summed E-state index contributed by atoms with van der Waals surface area (Å²) in [6.07, 6.45) is 9.91.